The number of hydrogen-bond donors (Lipinski definition) is 0. The summed E-state index contributed by atoms with van der Waals surface area (Å²) in [5.74, 6) is 0.387. The largest absolute Gasteiger partial charge is 0.294 e. The predicted molar refractivity (Wildman–Crippen MR) is 85.2 cm³/mol. The summed E-state index contributed by atoms with van der Waals surface area (Å²) in [4.78, 5) is 12.8. The lowest BCUT2D eigenvalue weighted by Crippen LogP contribution is -2.23. The Labute approximate surface area is 128 Å². The van der Waals surface area contributed by atoms with Crippen LogP contribution >= 0.6 is 15.9 Å². The van der Waals surface area contributed by atoms with E-state index in [1.54, 1.807) is 0 Å². The molecule has 102 valence electrons. The summed E-state index contributed by atoms with van der Waals surface area (Å²) in [5, 5.41) is 0. The Hall–Kier alpha value is -1.41. The quantitative estimate of drug-likeness (QED) is 0.727. The highest BCUT2D eigenvalue weighted by molar-refractivity contribution is 9.10. The molecule has 2 aromatic rings. The lowest BCUT2D eigenvalue weighted by Gasteiger charge is -2.24. The summed E-state index contributed by atoms with van der Waals surface area (Å²) in [5.41, 5.74) is 4.70. The first-order valence-corrected chi connectivity index (χ1v) is 7.81. The van der Waals surface area contributed by atoms with Crippen LogP contribution in [0.4, 0.5) is 0 Å². The number of rotatable bonds is 2. The van der Waals surface area contributed by atoms with Crippen LogP contribution in [0.3, 0.4) is 0 Å². The van der Waals surface area contributed by atoms with E-state index in [1.165, 1.54) is 11.1 Å². The second kappa shape index (κ2) is 5.53. The first kappa shape index (κ1) is 13.6. The van der Waals surface area contributed by atoms with Gasteiger partial charge >= 0.3 is 0 Å². The maximum atomic E-state index is 12.8. The molecule has 0 aliphatic heterocycles. The molecule has 0 fully saturated rings. The predicted octanol–water partition coefficient (Wildman–Crippen LogP) is 4.75. The van der Waals surface area contributed by atoms with Gasteiger partial charge in [0.2, 0.25) is 0 Å². The van der Waals surface area contributed by atoms with Gasteiger partial charge in [0.15, 0.2) is 5.78 Å². The fourth-order valence-electron chi connectivity index (χ4n) is 2.97. The van der Waals surface area contributed by atoms with Gasteiger partial charge in [-0.25, -0.2) is 0 Å². The fraction of sp³-hybridized carbons (Fsp3) is 0.278. The number of Topliss-reactive ketones (excluding diaryl/α,β-unsaturated/α-hetero) is 1. The lowest BCUT2D eigenvalue weighted by atomic mass is 9.80. The van der Waals surface area contributed by atoms with Gasteiger partial charge in [0.25, 0.3) is 0 Å². The van der Waals surface area contributed by atoms with Crippen LogP contribution in [-0.2, 0) is 12.8 Å². The molecule has 1 aliphatic carbocycles. The summed E-state index contributed by atoms with van der Waals surface area (Å²) >= 11 is 3.51. The summed E-state index contributed by atoms with van der Waals surface area (Å²) in [6.45, 7) is 2.03. The van der Waals surface area contributed by atoms with Gasteiger partial charge in [-0.1, -0.05) is 51.8 Å². The average Bonchev–Trinajstić information content (AvgIpc) is 2.48. The minimum atomic E-state index is 0.114. The maximum Gasteiger partial charge on any atom is 0.167 e. The van der Waals surface area contributed by atoms with E-state index in [-0.39, 0.29) is 11.7 Å². The van der Waals surface area contributed by atoms with Crippen LogP contribution in [0.15, 0.2) is 46.9 Å². The van der Waals surface area contributed by atoms with Crippen molar-refractivity contribution in [1.29, 1.82) is 0 Å². The monoisotopic (exact) mass is 328 g/mol. The van der Waals surface area contributed by atoms with Crippen molar-refractivity contribution in [3.8, 4) is 0 Å². The van der Waals surface area contributed by atoms with E-state index in [0.29, 0.717) is 0 Å². The molecule has 0 aromatic heterocycles. The zero-order chi connectivity index (χ0) is 14.1. The highest BCUT2D eigenvalue weighted by atomic mass is 79.9. The van der Waals surface area contributed by atoms with Crippen molar-refractivity contribution in [3.63, 3.8) is 0 Å². The van der Waals surface area contributed by atoms with E-state index in [1.807, 2.05) is 25.1 Å². The van der Waals surface area contributed by atoms with E-state index >= 15 is 0 Å². The van der Waals surface area contributed by atoms with E-state index < -0.39 is 0 Å². The molecule has 1 unspecified atom stereocenters. The lowest BCUT2D eigenvalue weighted by molar-refractivity contribution is 0.0908. The molecule has 0 bridgehead atoms. The van der Waals surface area contributed by atoms with E-state index in [0.717, 1.165) is 34.9 Å². The van der Waals surface area contributed by atoms with Gasteiger partial charge in [0, 0.05) is 16.0 Å². The minimum absolute atomic E-state index is 0.114. The number of carbonyl (C=O) groups is 1. The van der Waals surface area contributed by atoms with Crippen LogP contribution in [-0.4, -0.2) is 5.78 Å². The fourth-order valence-corrected chi connectivity index (χ4v) is 3.41. The van der Waals surface area contributed by atoms with Gasteiger partial charge in [-0.2, -0.15) is 0 Å². The number of fused-ring (bicyclic) bond motifs is 1. The average molecular weight is 329 g/mol. The van der Waals surface area contributed by atoms with Crippen molar-refractivity contribution >= 4 is 21.7 Å². The normalized spacial score (nSPS) is 17.6. The van der Waals surface area contributed by atoms with Crippen LogP contribution < -0.4 is 0 Å². The molecular weight excluding hydrogens is 312 g/mol. The standard InChI is InChI=1S/C18H17BrO/c1-12-6-9-17(19)16(10-12)18(20)15-8-7-13-4-2-3-5-14(13)11-15/h2-6,9-10,15H,7-8,11H2,1H3. The van der Waals surface area contributed by atoms with E-state index in [2.05, 4.69) is 40.2 Å². The highest BCUT2D eigenvalue weighted by Crippen LogP contribution is 2.30. The number of halogens is 1. The molecule has 1 aliphatic rings. The van der Waals surface area contributed by atoms with E-state index in [9.17, 15) is 4.79 Å². The van der Waals surface area contributed by atoms with Gasteiger partial charge in [0.05, 0.1) is 0 Å². The molecule has 2 heteroatoms. The van der Waals surface area contributed by atoms with Crippen molar-refractivity contribution in [2.75, 3.05) is 0 Å². The van der Waals surface area contributed by atoms with E-state index in [4.69, 9.17) is 0 Å². The molecule has 1 atom stereocenters. The second-order valence-electron chi connectivity index (χ2n) is 5.56. The third-order valence-corrected chi connectivity index (χ3v) is 4.80. The topological polar surface area (TPSA) is 17.1 Å². The van der Waals surface area contributed by atoms with Crippen molar-refractivity contribution in [1.82, 2.24) is 0 Å². The molecule has 0 heterocycles. The van der Waals surface area contributed by atoms with Crippen LogP contribution in [0, 0.1) is 12.8 Å². The molecule has 1 nitrogen and oxygen atoms in total. The molecule has 0 saturated carbocycles. The summed E-state index contributed by atoms with van der Waals surface area (Å²) in [6, 6.07) is 14.5. The Morgan fingerprint density at radius 2 is 1.90 bits per heavy atom. The zero-order valence-corrected chi connectivity index (χ0v) is 13.1. The third kappa shape index (κ3) is 2.57. The molecule has 0 radical (unpaired) electrons. The summed E-state index contributed by atoms with van der Waals surface area (Å²) < 4.78 is 0.909. The molecule has 0 amide bonds. The molecule has 0 N–H and O–H groups in total. The Bertz CT molecular complexity index is 660. The SMILES string of the molecule is Cc1ccc(Br)c(C(=O)C2CCc3ccccc3C2)c1. The zero-order valence-electron chi connectivity index (χ0n) is 11.5. The number of benzene rings is 2. The summed E-state index contributed by atoms with van der Waals surface area (Å²) in [7, 11) is 0. The Morgan fingerprint density at radius 3 is 2.70 bits per heavy atom. The molecule has 20 heavy (non-hydrogen) atoms. The van der Waals surface area contributed by atoms with Gasteiger partial charge in [-0.15, -0.1) is 0 Å². The third-order valence-electron chi connectivity index (χ3n) is 4.10. The number of carbonyl (C=O) groups excluding carboxylic acids is 1. The molecule has 0 saturated heterocycles. The molecular formula is C18H17BrO. The first-order valence-electron chi connectivity index (χ1n) is 7.02. The highest BCUT2D eigenvalue weighted by Gasteiger charge is 2.26. The van der Waals surface area contributed by atoms with Crippen molar-refractivity contribution in [2.45, 2.75) is 26.2 Å². The molecule has 2 aromatic carbocycles. The van der Waals surface area contributed by atoms with Crippen molar-refractivity contribution in [2.24, 2.45) is 5.92 Å². The second-order valence-corrected chi connectivity index (χ2v) is 6.41. The van der Waals surface area contributed by atoms with Crippen LogP contribution in [0.1, 0.15) is 33.5 Å². The Kier molecular flexibility index (Phi) is 3.75. The molecule has 3 rings (SSSR count). The maximum absolute atomic E-state index is 12.8. The van der Waals surface area contributed by atoms with Crippen LogP contribution in [0.25, 0.3) is 0 Å². The van der Waals surface area contributed by atoms with Gasteiger partial charge in [-0.3, -0.25) is 4.79 Å². The number of ketones is 1. The smallest absolute Gasteiger partial charge is 0.167 e. The molecule has 0 spiro atoms. The van der Waals surface area contributed by atoms with Crippen LogP contribution in [0.5, 0.6) is 0 Å². The van der Waals surface area contributed by atoms with Gasteiger partial charge in [0.1, 0.15) is 0 Å². The summed E-state index contributed by atoms with van der Waals surface area (Å²) in [6.07, 6.45) is 2.83. The minimum Gasteiger partial charge on any atom is -0.294 e. The number of hydrogen-bond acceptors (Lipinski definition) is 1. The first-order chi connectivity index (χ1) is 9.65. The van der Waals surface area contributed by atoms with Gasteiger partial charge < -0.3 is 0 Å². The van der Waals surface area contributed by atoms with Crippen molar-refractivity contribution in [3.05, 3.63) is 69.2 Å². The Balaban J connectivity index is 1.88. The Morgan fingerprint density at radius 1 is 1.15 bits per heavy atom. The number of aryl methyl sites for hydroxylation is 2. The van der Waals surface area contributed by atoms with Crippen LogP contribution in [0.2, 0.25) is 0 Å². The van der Waals surface area contributed by atoms with Gasteiger partial charge in [-0.05, 0) is 49.4 Å². The van der Waals surface area contributed by atoms with Crippen molar-refractivity contribution < 1.29 is 4.79 Å².